The third kappa shape index (κ3) is 3.03. The number of benzene rings is 2. The molecule has 3 rings (SSSR count). The van der Waals surface area contributed by atoms with Crippen LogP contribution in [0.5, 0.6) is 5.75 Å². The zero-order chi connectivity index (χ0) is 17.3. The molecule has 0 atom stereocenters. The molecule has 7 heteroatoms. The first-order chi connectivity index (χ1) is 11.4. The molecule has 0 bridgehead atoms. The van der Waals surface area contributed by atoms with E-state index in [-0.39, 0.29) is 4.90 Å². The predicted molar refractivity (Wildman–Crippen MR) is 94.1 cm³/mol. The minimum Gasteiger partial charge on any atom is -0.495 e. The van der Waals surface area contributed by atoms with Gasteiger partial charge in [0.1, 0.15) is 5.75 Å². The van der Waals surface area contributed by atoms with Crippen LogP contribution in [0.1, 0.15) is 0 Å². The number of hydrogen-bond donors (Lipinski definition) is 1. The molecule has 1 heterocycles. The van der Waals surface area contributed by atoms with E-state index in [9.17, 15) is 8.42 Å². The molecule has 0 unspecified atom stereocenters. The third-order valence-corrected chi connectivity index (χ3v) is 4.90. The van der Waals surface area contributed by atoms with Crippen LogP contribution in [0.15, 0.2) is 65.7 Å². The second kappa shape index (κ2) is 6.32. The van der Waals surface area contributed by atoms with Crippen molar-refractivity contribution in [3.05, 3.63) is 65.8 Å². The van der Waals surface area contributed by atoms with Gasteiger partial charge in [0.2, 0.25) is 10.0 Å². The summed E-state index contributed by atoms with van der Waals surface area (Å²) >= 11 is 6.19. The second-order valence-corrected chi connectivity index (χ2v) is 7.06. The number of hydrogen-bond acceptors (Lipinski definition) is 3. The van der Waals surface area contributed by atoms with E-state index in [2.05, 4.69) is 0 Å². The molecule has 0 saturated heterocycles. The minimum absolute atomic E-state index is 0.0737. The first-order valence-electron chi connectivity index (χ1n) is 7.05. The number of ether oxygens (including phenoxy) is 1. The maximum absolute atomic E-state index is 11.9. The van der Waals surface area contributed by atoms with Gasteiger partial charge in [0.25, 0.3) is 0 Å². The molecule has 0 radical (unpaired) electrons. The van der Waals surface area contributed by atoms with E-state index >= 15 is 0 Å². The van der Waals surface area contributed by atoms with Crippen molar-refractivity contribution in [3.63, 3.8) is 0 Å². The highest BCUT2D eigenvalue weighted by atomic mass is 35.5. The second-order valence-electron chi connectivity index (χ2n) is 5.12. The summed E-state index contributed by atoms with van der Waals surface area (Å²) < 4.78 is 30.7. The maximum atomic E-state index is 11.9. The van der Waals surface area contributed by atoms with Crippen LogP contribution >= 0.6 is 11.6 Å². The maximum Gasteiger partial charge on any atom is 0.238 e. The van der Waals surface area contributed by atoms with Gasteiger partial charge in [-0.3, -0.25) is 0 Å². The van der Waals surface area contributed by atoms with Gasteiger partial charge in [-0.2, -0.15) is 0 Å². The van der Waals surface area contributed by atoms with Crippen LogP contribution in [0.4, 0.5) is 0 Å². The molecule has 0 aliphatic heterocycles. The molecule has 0 amide bonds. The quantitative estimate of drug-likeness (QED) is 0.772. The van der Waals surface area contributed by atoms with Crippen molar-refractivity contribution in [2.75, 3.05) is 7.11 Å². The van der Waals surface area contributed by atoms with Gasteiger partial charge in [-0.05, 0) is 36.4 Å². The Hall–Kier alpha value is -2.28. The standard InChI is InChI=1S/C17H15ClN2O3S/c1-23-16-9-8-12(11-14(16)18)20-10-4-6-15(20)13-5-2-3-7-17(13)24(19,21)22/h2-11H,1H3,(H2,19,21,22). The van der Waals surface area contributed by atoms with Crippen molar-refractivity contribution >= 4 is 21.6 Å². The summed E-state index contributed by atoms with van der Waals surface area (Å²) in [6.45, 7) is 0. The van der Waals surface area contributed by atoms with Gasteiger partial charge in [0.15, 0.2) is 0 Å². The Balaban J connectivity index is 2.18. The van der Waals surface area contributed by atoms with Gasteiger partial charge in [0, 0.05) is 17.4 Å². The molecular formula is C17H15ClN2O3S. The lowest BCUT2D eigenvalue weighted by Crippen LogP contribution is -2.13. The Bertz CT molecular complexity index is 997. The lowest BCUT2D eigenvalue weighted by Gasteiger charge is -2.13. The molecule has 0 saturated carbocycles. The van der Waals surface area contributed by atoms with Crippen LogP contribution in [-0.2, 0) is 10.0 Å². The number of halogens is 1. The van der Waals surface area contributed by atoms with Gasteiger partial charge >= 0.3 is 0 Å². The van der Waals surface area contributed by atoms with Gasteiger partial charge in [0.05, 0.1) is 22.7 Å². The van der Waals surface area contributed by atoms with Crippen molar-refractivity contribution in [1.29, 1.82) is 0 Å². The number of methoxy groups -OCH3 is 1. The number of sulfonamides is 1. The highest BCUT2D eigenvalue weighted by Gasteiger charge is 2.17. The number of nitrogens with two attached hydrogens (primary N) is 1. The van der Waals surface area contributed by atoms with Crippen LogP contribution in [-0.4, -0.2) is 20.1 Å². The van der Waals surface area contributed by atoms with Crippen molar-refractivity contribution in [1.82, 2.24) is 4.57 Å². The first-order valence-corrected chi connectivity index (χ1v) is 8.97. The Morgan fingerprint density at radius 1 is 1.08 bits per heavy atom. The highest BCUT2D eigenvalue weighted by Crippen LogP contribution is 2.32. The predicted octanol–water partition coefficient (Wildman–Crippen LogP) is 3.45. The fourth-order valence-electron chi connectivity index (χ4n) is 2.56. The zero-order valence-corrected chi connectivity index (χ0v) is 14.4. The molecule has 5 nitrogen and oxygen atoms in total. The van der Waals surface area contributed by atoms with E-state index in [1.54, 1.807) is 37.4 Å². The summed E-state index contributed by atoms with van der Waals surface area (Å²) in [6.07, 6.45) is 1.83. The van der Waals surface area contributed by atoms with Crippen LogP contribution in [0.25, 0.3) is 16.9 Å². The van der Waals surface area contributed by atoms with Gasteiger partial charge in [-0.15, -0.1) is 0 Å². The van der Waals surface area contributed by atoms with Crippen LogP contribution in [0, 0.1) is 0 Å². The van der Waals surface area contributed by atoms with Crippen LogP contribution in [0.3, 0.4) is 0 Å². The van der Waals surface area contributed by atoms with Gasteiger partial charge in [-0.25, -0.2) is 13.6 Å². The molecule has 124 valence electrons. The lowest BCUT2D eigenvalue weighted by molar-refractivity contribution is 0.415. The van der Waals surface area contributed by atoms with Crippen LogP contribution in [0.2, 0.25) is 5.02 Å². The average Bonchev–Trinajstić information content (AvgIpc) is 3.03. The Labute approximate surface area is 145 Å². The lowest BCUT2D eigenvalue weighted by atomic mass is 10.1. The average molecular weight is 363 g/mol. The molecule has 0 spiro atoms. The topological polar surface area (TPSA) is 74.3 Å². The summed E-state index contributed by atoms with van der Waals surface area (Å²) in [5.74, 6) is 0.569. The monoisotopic (exact) mass is 362 g/mol. The van der Waals surface area contributed by atoms with E-state index < -0.39 is 10.0 Å². The van der Waals surface area contributed by atoms with Gasteiger partial charge < -0.3 is 9.30 Å². The summed E-state index contributed by atoms with van der Waals surface area (Å²) in [5.41, 5.74) is 2.00. The number of aromatic nitrogens is 1. The number of nitrogens with zero attached hydrogens (tertiary/aromatic N) is 1. The largest absolute Gasteiger partial charge is 0.495 e. The van der Waals surface area contributed by atoms with E-state index in [4.69, 9.17) is 21.5 Å². The third-order valence-electron chi connectivity index (χ3n) is 3.63. The summed E-state index contributed by atoms with van der Waals surface area (Å²) in [7, 11) is -2.29. The first kappa shape index (κ1) is 16.6. The minimum atomic E-state index is -3.84. The SMILES string of the molecule is COc1ccc(-n2cccc2-c2ccccc2S(N)(=O)=O)cc1Cl. The summed E-state index contributed by atoms with van der Waals surface area (Å²) in [4.78, 5) is 0.0737. The summed E-state index contributed by atoms with van der Waals surface area (Å²) in [5, 5.41) is 5.81. The molecule has 0 fully saturated rings. The normalized spacial score (nSPS) is 11.5. The van der Waals surface area contributed by atoms with Crippen molar-refractivity contribution < 1.29 is 13.2 Å². The Morgan fingerprint density at radius 3 is 2.50 bits per heavy atom. The van der Waals surface area contributed by atoms with E-state index in [1.807, 2.05) is 29.0 Å². The van der Waals surface area contributed by atoms with Crippen LogP contribution < -0.4 is 9.88 Å². The van der Waals surface area contributed by atoms with Gasteiger partial charge in [-0.1, -0.05) is 29.8 Å². The molecule has 2 aromatic carbocycles. The molecular weight excluding hydrogens is 348 g/mol. The molecule has 2 N–H and O–H groups in total. The van der Waals surface area contributed by atoms with E-state index in [0.29, 0.717) is 22.0 Å². The van der Waals surface area contributed by atoms with Crippen molar-refractivity contribution in [3.8, 4) is 22.7 Å². The summed E-state index contributed by atoms with van der Waals surface area (Å²) in [6, 6.07) is 15.6. The highest BCUT2D eigenvalue weighted by molar-refractivity contribution is 7.89. The fraction of sp³-hybridized carbons (Fsp3) is 0.0588. The Morgan fingerprint density at radius 2 is 1.83 bits per heavy atom. The molecule has 24 heavy (non-hydrogen) atoms. The van der Waals surface area contributed by atoms with Crippen molar-refractivity contribution in [2.45, 2.75) is 4.90 Å². The van der Waals surface area contributed by atoms with Crippen molar-refractivity contribution in [2.24, 2.45) is 5.14 Å². The Kier molecular flexibility index (Phi) is 4.36. The number of primary sulfonamides is 1. The molecule has 1 aromatic heterocycles. The van der Waals surface area contributed by atoms with E-state index in [0.717, 1.165) is 5.69 Å². The van der Waals surface area contributed by atoms with E-state index in [1.165, 1.54) is 6.07 Å². The number of rotatable bonds is 4. The molecule has 3 aromatic rings. The smallest absolute Gasteiger partial charge is 0.238 e. The zero-order valence-electron chi connectivity index (χ0n) is 12.8. The fourth-order valence-corrected chi connectivity index (χ4v) is 3.56. The molecule has 0 aliphatic carbocycles. The molecule has 0 aliphatic rings.